The molecule has 0 saturated heterocycles. The second kappa shape index (κ2) is 14.3. The Balaban J connectivity index is 0.000000200. The van der Waals surface area contributed by atoms with Crippen LogP contribution in [-0.4, -0.2) is 28.8 Å². The first-order valence-corrected chi connectivity index (χ1v) is 17.3. The number of sulfone groups is 1. The monoisotopic (exact) mass is 672 g/mol. The van der Waals surface area contributed by atoms with Crippen LogP contribution in [0.25, 0.3) is 0 Å². The molecule has 4 N–H and O–H groups in total. The highest BCUT2D eigenvalue weighted by molar-refractivity contribution is 7.91. The van der Waals surface area contributed by atoms with Gasteiger partial charge in [-0.15, -0.1) is 0 Å². The molecule has 250 valence electrons. The Bertz CT molecular complexity index is 2000. The van der Waals surface area contributed by atoms with Gasteiger partial charge < -0.3 is 20.4 Å². The maximum Gasteiger partial charge on any atom is 0.206 e. The second-order valence-electron chi connectivity index (χ2n) is 12.3. The van der Waals surface area contributed by atoms with Crippen molar-refractivity contribution in [3.63, 3.8) is 0 Å². The van der Waals surface area contributed by atoms with Gasteiger partial charge in [-0.3, -0.25) is 0 Å². The summed E-state index contributed by atoms with van der Waals surface area (Å²) in [6.07, 6.45) is 0.757. The fourth-order valence-corrected chi connectivity index (χ4v) is 7.80. The van der Waals surface area contributed by atoms with Crippen molar-refractivity contribution in [3.05, 3.63) is 178 Å². The second-order valence-corrected chi connectivity index (χ2v) is 14.3. The molecule has 0 amide bonds. The standard InChI is InChI=1S/C26H22O2.C16H18O4S/c27-24-15-11-22(12-16-24)26(21-9-5-2-6-10-21,19-20-7-3-1-4-8-20)23-13-17-25(28)18-14-23;1-9-5-13(6-10(2)15(9)17)21(19,20)14-7-11(3)16(18)12(4)8-14/h1-18,27-28H,19H2;5-8,17-18H,1-4H3. The molecule has 49 heavy (non-hydrogen) atoms. The van der Waals surface area contributed by atoms with Crippen LogP contribution in [0.2, 0.25) is 0 Å². The average molecular weight is 673 g/mol. The molecule has 6 rings (SSSR count). The summed E-state index contributed by atoms with van der Waals surface area (Å²) in [7, 11) is -3.68. The molecule has 0 unspecified atom stereocenters. The highest BCUT2D eigenvalue weighted by Gasteiger charge is 2.36. The molecule has 0 fully saturated rings. The fraction of sp³-hybridized carbons (Fsp3) is 0.143. The molecule has 0 spiro atoms. The Morgan fingerprint density at radius 3 is 1.16 bits per heavy atom. The Morgan fingerprint density at radius 1 is 0.469 bits per heavy atom. The molecule has 0 aromatic heterocycles. The van der Waals surface area contributed by atoms with Crippen molar-refractivity contribution < 1.29 is 28.8 Å². The van der Waals surface area contributed by atoms with Crippen molar-refractivity contribution in [1.29, 1.82) is 0 Å². The van der Waals surface area contributed by atoms with E-state index in [0.29, 0.717) is 22.3 Å². The van der Waals surface area contributed by atoms with Crippen molar-refractivity contribution >= 4 is 9.84 Å². The Morgan fingerprint density at radius 2 is 0.796 bits per heavy atom. The van der Waals surface area contributed by atoms with E-state index in [1.807, 2.05) is 36.4 Å². The van der Waals surface area contributed by atoms with E-state index in [-0.39, 0.29) is 32.8 Å². The topological polar surface area (TPSA) is 115 Å². The third-order valence-corrected chi connectivity index (χ3v) is 10.6. The zero-order chi connectivity index (χ0) is 35.3. The van der Waals surface area contributed by atoms with E-state index in [2.05, 4.69) is 48.5 Å². The zero-order valence-corrected chi connectivity index (χ0v) is 28.7. The van der Waals surface area contributed by atoms with Gasteiger partial charge in [0.05, 0.1) is 9.79 Å². The van der Waals surface area contributed by atoms with E-state index < -0.39 is 15.3 Å². The van der Waals surface area contributed by atoms with Crippen LogP contribution < -0.4 is 0 Å². The van der Waals surface area contributed by atoms with Crippen molar-refractivity contribution in [2.24, 2.45) is 0 Å². The highest BCUT2D eigenvalue weighted by atomic mass is 32.2. The summed E-state index contributed by atoms with van der Waals surface area (Å²) in [4.78, 5) is 0.277. The first-order valence-electron chi connectivity index (χ1n) is 15.9. The van der Waals surface area contributed by atoms with Gasteiger partial charge in [0.1, 0.15) is 23.0 Å². The molecule has 7 heteroatoms. The van der Waals surface area contributed by atoms with Crippen LogP contribution >= 0.6 is 0 Å². The number of rotatable bonds is 7. The Kier molecular flexibility index (Phi) is 10.2. The minimum Gasteiger partial charge on any atom is -0.508 e. The van der Waals surface area contributed by atoms with Crippen LogP contribution in [0.4, 0.5) is 0 Å². The quantitative estimate of drug-likeness (QED) is 0.126. The van der Waals surface area contributed by atoms with Crippen LogP contribution in [0, 0.1) is 27.7 Å². The van der Waals surface area contributed by atoms with Crippen molar-refractivity contribution in [2.45, 2.75) is 49.3 Å². The van der Waals surface area contributed by atoms with E-state index in [9.17, 15) is 28.8 Å². The van der Waals surface area contributed by atoms with E-state index in [4.69, 9.17) is 0 Å². The molecule has 0 bridgehead atoms. The number of phenols is 4. The van der Waals surface area contributed by atoms with Crippen LogP contribution in [0.1, 0.15) is 44.5 Å². The van der Waals surface area contributed by atoms with Gasteiger partial charge in [0.25, 0.3) is 0 Å². The first-order chi connectivity index (χ1) is 23.3. The van der Waals surface area contributed by atoms with Gasteiger partial charge in [0, 0.05) is 5.41 Å². The number of aryl methyl sites for hydroxylation is 4. The van der Waals surface area contributed by atoms with Crippen LogP contribution in [0.15, 0.2) is 143 Å². The SMILES string of the molecule is Cc1cc(S(=O)(=O)c2cc(C)c(O)c(C)c2)cc(C)c1O.Oc1ccc(C(Cc2ccccc2)(c2ccccc2)c2ccc(O)cc2)cc1. The van der Waals surface area contributed by atoms with Crippen LogP contribution in [0.3, 0.4) is 0 Å². The summed E-state index contributed by atoms with van der Waals surface area (Å²) in [5.41, 5.74) is 6.16. The van der Waals surface area contributed by atoms with Crippen LogP contribution in [-0.2, 0) is 21.7 Å². The number of hydrogen-bond donors (Lipinski definition) is 4. The minimum atomic E-state index is -3.68. The lowest BCUT2D eigenvalue weighted by atomic mass is 9.66. The lowest BCUT2D eigenvalue weighted by molar-refractivity contribution is 0.466. The molecule has 0 radical (unpaired) electrons. The molecule has 0 aliphatic heterocycles. The Labute approximate surface area is 288 Å². The van der Waals surface area contributed by atoms with E-state index in [0.717, 1.165) is 23.1 Å². The maximum absolute atomic E-state index is 12.7. The number of benzene rings is 6. The van der Waals surface area contributed by atoms with E-state index in [1.54, 1.807) is 52.0 Å². The largest absolute Gasteiger partial charge is 0.508 e. The van der Waals surface area contributed by atoms with Crippen molar-refractivity contribution in [2.75, 3.05) is 0 Å². The summed E-state index contributed by atoms with van der Waals surface area (Å²) < 4.78 is 25.4. The predicted molar refractivity (Wildman–Crippen MR) is 193 cm³/mol. The summed E-state index contributed by atoms with van der Waals surface area (Å²) in [6, 6.07) is 41.5. The van der Waals surface area contributed by atoms with Crippen LogP contribution in [0.5, 0.6) is 23.0 Å². The molecule has 6 nitrogen and oxygen atoms in total. The third kappa shape index (κ3) is 7.32. The highest BCUT2D eigenvalue weighted by Crippen LogP contribution is 2.43. The number of phenolic OH excluding ortho intramolecular Hbond substituents is 4. The van der Waals surface area contributed by atoms with Gasteiger partial charge in [-0.2, -0.15) is 0 Å². The molecule has 0 aliphatic carbocycles. The van der Waals surface area contributed by atoms with Gasteiger partial charge in [0.15, 0.2) is 0 Å². The van der Waals surface area contributed by atoms with Gasteiger partial charge in [-0.05, 0) is 127 Å². The smallest absolute Gasteiger partial charge is 0.206 e. The molecule has 0 heterocycles. The number of hydrogen-bond acceptors (Lipinski definition) is 6. The summed E-state index contributed by atoms with van der Waals surface area (Å²) in [6.45, 7) is 6.65. The van der Waals surface area contributed by atoms with Gasteiger partial charge in [-0.25, -0.2) is 8.42 Å². The van der Waals surface area contributed by atoms with Gasteiger partial charge in [0.2, 0.25) is 9.84 Å². The lowest BCUT2D eigenvalue weighted by Gasteiger charge is -2.36. The maximum atomic E-state index is 12.7. The van der Waals surface area contributed by atoms with Crippen molar-refractivity contribution in [3.8, 4) is 23.0 Å². The molecule has 0 atom stereocenters. The van der Waals surface area contributed by atoms with Gasteiger partial charge >= 0.3 is 0 Å². The zero-order valence-electron chi connectivity index (χ0n) is 27.9. The lowest BCUT2D eigenvalue weighted by Crippen LogP contribution is -2.32. The summed E-state index contributed by atoms with van der Waals surface area (Å²) in [5.74, 6) is 0.700. The molecule has 0 saturated carbocycles. The summed E-state index contributed by atoms with van der Waals surface area (Å²) in [5, 5.41) is 39.2. The minimum absolute atomic E-state index is 0.104. The first kappa shape index (κ1) is 34.8. The van der Waals surface area contributed by atoms with E-state index in [1.165, 1.54) is 29.8 Å². The van der Waals surface area contributed by atoms with E-state index >= 15 is 0 Å². The number of aromatic hydroxyl groups is 4. The molecule has 6 aromatic rings. The molecular weight excluding hydrogens is 633 g/mol. The third-order valence-electron chi connectivity index (χ3n) is 8.85. The fourth-order valence-electron chi connectivity index (χ4n) is 6.20. The normalized spacial score (nSPS) is 11.4. The van der Waals surface area contributed by atoms with Crippen molar-refractivity contribution in [1.82, 2.24) is 0 Å². The molecule has 0 aliphatic rings. The Hall–Kier alpha value is -5.53. The summed E-state index contributed by atoms with van der Waals surface area (Å²) >= 11 is 0. The molecular formula is C42H40O6S. The predicted octanol–water partition coefficient (Wildman–Crippen LogP) is 8.84. The average Bonchev–Trinajstić information content (AvgIpc) is 3.10. The van der Waals surface area contributed by atoms with Gasteiger partial charge in [-0.1, -0.05) is 84.9 Å². The molecule has 6 aromatic carbocycles.